The van der Waals surface area contributed by atoms with E-state index in [2.05, 4.69) is 9.97 Å². The Labute approximate surface area is 101 Å². The highest BCUT2D eigenvalue weighted by molar-refractivity contribution is 5.88. The number of rotatable bonds is 1. The van der Waals surface area contributed by atoms with Gasteiger partial charge in [0.2, 0.25) is 17.3 Å². The predicted octanol–water partition coefficient (Wildman–Crippen LogP) is 0.566. The zero-order valence-electron chi connectivity index (χ0n) is 9.07. The summed E-state index contributed by atoms with van der Waals surface area (Å²) in [5.41, 5.74) is -0.252. The van der Waals surface area contributed by atoms with Gasteiger partial charge in [-0.2, -0.15) is 4.98 Å². The molecule has 0 saturated carbocycles. The van der Waals surface area contributed by atoms with E-state index in [1.54, 1.807) is 18.3 Å². The molecule has 4 N–H and O–H groups in total. The van der Waals surface area contributed by atoms with Crippen LogP contribution in [0.3, 0.4) is 0 Å². The molecule has 18 heavy (non-hydrogen) atoms. The number of nitrogens with zero attached hydrogens (tertiary/aromatic N) is 1. The average Bonchev–Trinajstić information content (AvgIpc) is 2.29. The van der Waals surface area contributed by atoms with Crippen molar-refractivity contribution in [3.05, 3.63) is 52.4 Å². The minimum absolute atomic E-state index is 0.0532. The number of aromatic hydroxyl groups is 2. The summed E-state index contributed by atoms with van der Waals surface area (Å²) in [7, 11) is 0. The fraction of sp³-hybridized carbons (Fsp3) is 0. The normalized spacial score (nSPS) is 9.11. The summed E-state index contributed by atoms with van der Waals surface area (Å²) >= 11 is 0. The number of nitrogens with one attached hydrogen (secondary N) is 1. The standard InChI is InChI=1S/C6H5NO4.C5H5NO/c8-4-1-3(6(10)11)2-5(9)7-4;7-5-3-1-2-4-6-5/h1-2H,(H,10,11)(H2,7,8,9);1-4H,(H,6,7). The molecular weight excluding hydrogens is 240 g/mol. The predicted molar refractivity (Wildman–Crippen MR) is 61.6 cm³/mol. The number of hydrogen-bond donors (Lipinski definition) is 4. The van der Waals surface area contributed by atoms with Crippen LogP contribution in [0, 0.1) is 0 Å². The van der Waals surface area contributed by atoms with Gasteiger partial charge >= 0.3 is 5.97 Å². The number of aromatic nitrogens is 2. The van der Waals surface area contributed by atoms with Crippen molar-refractivity contribution in [2.45, 2.75) is 0 Å². The van der Waals surface area contributed by atoms with E-state index >= 15 is 0 Å². The van der Waals surface area contributed by atoms with Crippen molar-refractivity contribution >= 4 is 5.97 Å². The topological polar surface area (TPSA) is 124 Å². The van der Waals surface area contributed by atoms with E-state index in [-0.39, 0.29) is 11.1 Å². The van der Waals surface area contributed by atoms with Crippen LogP contribution < -0.4 is 5.56 Å². The minimum Gasteiger partial charge on any atom is -0.493 e. The van der Waals surface area contributed by atoms with Gasteiger partial charge in [-0.05, 0) is 6.07 Å². The molecule has 2 aromatic heterocycles. The fourth-order valence-corrected chi connectivity index (χ4v) is 1.00. The number of pyridine rings is 2. The van der Waals surface area contributed by atoms with Crippen LogP contribution in [0.15, 0.2) is 41.3 Å². The molecule has 0 unspecified atom stereocenters. The second kappa shape index (κ2) is 6.04. The van der Waals surface area contributed by atoms with E-state index in [1.807, 2.05) is 0 Å². The van der Waals surface area contributed by atoms with Gasteiger partial charge in [-0.25, -0.2) is 4.79 Å². The van der Waals surface area contributed by atoms with Crippen LogP contribution in [0.1, 0.15) is 10.4 Å². The van der Waals surface area contributed by atoms with E-state index in [9.17, 15) is 9.59 Å². The first-order valence-electron chi connectivity index (χ1n) is 4.76. The van der Waals surface area contributed by atoms with Crippen LogP contribution >= 0.6 is 0 Å². The van der Waals surface area contributed by atoms with Gasteiger partial charge in [0.15, 0.2) is 0 Å². The molecule has 0 amide bonds. The zero-order chi connectivity index (χ0) is 13.5. The molecule has 7 heteroatoms. The summed E-state index contributed by atoms with van der Waals surface area (Å²) in [5, 5.41) is 25.8. The van der Waals surface area contributed by atoms with Crippen molar-refractivity contribution in [3.8, 4) is 11.8 Å². The SMILES string of the molecule is O=C(O)c1cc(O)nc(O)c1.O=c1cccc[nH]1. The van der Waals surface area contributed by atoms with Gasteiger partial charge in [-0.3, -0.25) is 4.79 Å². The third-order valence-corrected chi connectivity index (χ3v) is 1.73. The maximum Gasteiger partial charge on any atom is 0.336 e. The third-order valence-electron chi connectivity index (χ3n) is 1.73. The van der Waals surface area contributed by atoms with Gasteiger partial charge < -0.3 is 20.3 Å². The van der Waals surface area contributed by atoms with E-state index in [4.69, 9.17) is 15.3 Å². The molecule has 0 aliphatic rings. The first kappa shape index (κ1) is 13.2. The number of carboxylic acid groups (broad SMARTS) is 1. The van der Waals surface area contributed by atoms with Crippen LogP contribution in [-0.4, -0.2) is 31.3 Å². The average molecular weight is 250 g/mol. The Hall–Kier alpha value is -2.83. The van der Waals surface area contributed by atoms with Crippen LogP contribution in [0.25, 0.3) is 0 Å². The Balaban J connectivity index is 0.000000199. The summed E-state index contributed by atoms with van der Waals surface area (Å²) in [4.78, 5) is 26.1. The lowest BCUT2D eigenvalue weighted by Crippen LogP contribution is -1.98. The number of H-pyrrole nitrogens is 1. The largest absolute Gasteiger partial charge is 0.493 e. The molecule has 2 rings (SSSR count). The van der Waals surface area contributed by atoms with Crippen LogP contribution in [-0.2, 0) is 0 Å². The van der Waals surface area contributed by atoms with Crippen molar-refractivity contribution in [1.82, 2.24) is 9.97 Å². The number of hydrogen-bond acceptors (Lipinski definition) is 5. The quantitative estimate of drug-likeness (QED) is 0.586. The fourth-order valence-electron chi connectivity index (χ4n) is 1.00. The summed E-state index contributed by atoms with van der Waals surface area (Å²) in [6, 6.07) is 6.82. The van der Waals surface area contributed by atoms with Crippen molar-refractivity contribution < 1.29 is 20.1 Å². The summed E-state index contributed by atoms with van der Waals surface area (Å²) in [6.45, 7) is 0. The number of carboxylic acids is 1. The molecule has 0 saturated heterocycles. The van der Waals surface area contributed by atoms with Gasteiger partial charge in [0, 0.05) is 24.4 Å². The van der Waals surface area contributed by atoms with E-state index in [0.29, 0.717) is 0 Å². The molecule has 0 aromatic carbocycles. The molecule has 2 heterocycles. The van der Waals surface area contributed by atoms with E-state index < -0.39 is 17.7 Å². The van der Waals surface area contributed by atoms with Crippen molar-refractivity contribution in [1.29, 1.82) is 0 Å². The Kier molecular flexibility index (Phi) is 4.44. The second-order valence-corrected chi connectivity index (χ2v) is 3.10. The minimum atomic E-state index is -1.22. The molecule has 7 nitrogen and oxygen atoms in total. The molecule has 2 aromatic rings. The molecular formula is C11H10N2O5. The molecule has 0 aliphatic carbocycles. The van der Waals surface area contributed by atoms with Crippen LogP contribution in [0.5, 0.6) is 11.8 Å². The zero-order valence-corrected chi connectivity index (χ0v) is 9.07. The molecule has 0 aliphatic heterocycles. The molecule has 0 bridgehead atoms. The maximum atomic E-state index is 10.3. The highest BCUT2D eigenvalue weighted by atomic mass is 16.4. The molecule has 0 spiro atoms. The molecule has 0 atom stereocenters. The Morgan fingerprint density at radius 1 is 1.17 bits per heavy atom. The number of aromatic carboxylic acids is 1. The Morgan fingerprint density at radius 2 is 1.78 bits per heavy atom. The van der Waals surface area contributed by atoms with Gasteiger partial charge in [-0.1, -0.05) is 6.07 Å². The lowest BCUT2D eigenvalue weighted by Gasteiger charge is -1.95. The highest BCUT2D eigenvalue weighted by Gasteiger charge is 2.06. The summed E-state index contributed by atoms with van der Waals surface area (Å²) < 4.78 is 0. The summed E-state index contributed by atoms with van der Waals surface area (Å²) in [6.07, 6.45) is 1.60. The lowest BCUT2D eigenvalue weighted by molar-refractivity contribution is 0.0695. The smallest absolute Gasteiger partial charge is 0.336 e. The third kappa shape index (κ3) is 4.35. The monoisotopic (exact) mass is 250 g/mol. The molecule has 94 valence electrons. The van der Waals surface area contributed by atoms with Gasteiger partial charge in [0.05, 0.1) is 5.56 Å². The molecule has 0 radical (unpaired) electrons. The van der Waals surface area contributed by atoms with Crippen LogP contribution in [0.4, 0.5) is 0 Å². The maximum absolute atomic E-state index is 10.3. The van der Waals surface area contributed by atoms with Crippen molar-refractivity contribution in [3.63, 3.8) is 0 Å². The number of aromatic amines is 1. The Morgan fingerprint density at radius 3 is 2.11 bits per heavy atom. The lowest BCUT2D eigenvalue weighted by atomic mass is 10.3. The number of carbonyl (C=O) groups is 1. The molecule has 0 fully saturated rings. The van der Waals surface area contributed by atoms with Crippen molar-refractivity contribution in [2.24, 2.45) is 0 Å². The van der Waals surface area contributed by atoms with E-state index in [0.717, 1.165) is 12.1 Å². The van der Waals surface area contributed by atoms with Crippen LogP contribution in [0.2, 0.25) is 0 Å². The van der Waals surface area contributed by atoms with Gasteiger partial charge in [-0.15, -0.1) is 0 Å². The first-order valence-corrected chi connectivity index (χ1v) is 4.76. The van der Waals surface area contributed by atoms with Crippen molar-refractivity contribution in [2.75, 3.05) is 0 Å². The first-order chi connectivity index (χ1) is 8.49. The second-order valence-electron chi connectivity index (χ2n) is 3.10. The van der Waals surface area contributed by atoms with Gasteiger partial charge in [0.25, 0.3) is 0 Å². The van der Waals surface area contributed by atoms with Gasteiger partial charge in [0.1, 0.15) is 0 Å². The summed E-state index contributed by atoms with van der Waals surface area (Å²) in [5.74, 6) is -2.25. The Bertz CT molecular complexity index is 556. The van der Waals surface area contributed by atoms with E-state index in [1.165, 1.54) is 6.07 Å². The highest BCUT2D eigenvalue weighted by Crippen LogP contribution is 2.14.